The largest absolute Gasteiger partial charge is 0.357 e. The molecule has 0 aliphatic carbocycles. The van der Waals surface area contributed by atoms with Crippen LogP contribution in [0.15, 0.2) is 37.1 Å². The van der Waals surface area contributed by atoms with Crippen molar-refractivity contribution in [3.8, 4) is 6.07 Å². The number of amides is 1. The van der Waals surface area contributed by atoms with Gasteiger partial charge in [0.15, 0.2) is 0 Å². The fraction of sp³-hybridized carbons (Fsp3) is 0.524. The Morgan fingerprint density at radius 1 is 1.18 bits per heavy atom. The molecule has 7 heteroatoms. The summed E-state index contributed by atoms with van der Waals surface area (Å²) in [7, 11) is 0. The van der Waals surface area contributed by atoms with E-state index in [9.17, 15) is 4.79 Å². The maximum Gasteiger partial charge on any atom is 0.222 e. The van der Waals surface area contributed by atoms with Crippen LogP contribution in [0.25, 0.3) is 0 Å². The van der Waals surface area contributed by atoms with Crippen molar-refractivity contribution < 1.29 is 4.79 Å². The number of nitriles is 1. The Morgan fingerprint density at radius 2 is 2.04 bits per heavy atom. The minimum atomic E-state index is 0.228. The van der Waals surface area contributed by atoms with Crippen LogP contribution in [0, 0.1) is 16.7 Å². The highest BCUT2D eigenvalue weighted by Gasteiger charge is 2.40. The molecule has 1 amide bonds. The smallest absolute Gasteiger partial charge is 0.222 e. The van der Waals surface area contributed by atoms with Gasteiger partial charge in [-0.1, -0.05) is 0 Å². The number of aromatic nitrogens is 3. The van der Waals surface area contributed by atoms with Gasteiger partial charge in [0, 0.05) is 57.7 Å². The molecule has 2 aliphatic heterocycles. The molecule has 2 aromatic rings. The Kier molecular flexibility index (Phi) is 5.29. The van der Waals surface area contributed by atoms with E-state index >= 15 is 0 Å². The Labute approximate surface area is 165 Å². The lowest BCUT2D eigenvalue weighted by molar-refractivity contribution is -0.138. The highest BCUT2D eigenvalue weighted by molar-refractivity contribution is 5.77. The van der Waals surface area contributed by atoms with Crippen molar-refractivity contribution in [3.63, 3.8) is 0 Å². The maximum atomic E-state index is 12.4. The fourth-order valence-corrected chi connectivity index (χ4v) is 4.45. The van der Waals surface area contributed by atoms with Crippen LogP contribution in [0.5, 0.6) is 0 Å². The number of hydrogen-bond acceptors (Lipinski definition) is 5. The maximum absolute atomic E-state index is 12.4. The lowest BCUT2D eigenvalue weighted by atomic mass is 9.72. The van der Waals surface area contributed by atoms with Crippen LogP contribution >= 0.6 is 0 Å². The van der Waals surface area contributed by atoms with Crippen LogP contribution < -0.4 is 4.90 Å². The summed E-state index contributed by atoms with van der Waals surface area (Å²) < 4.78 is 2.06. The van der Waals surface area contributed by atoms with Crippen LogP contribution in [0.2, 0.25) is 0 Å². The molecule has 0 saturated carbocycles. The van der Waals surface area contributed by atoms with Crippen LogP contribution in [-0.2, 0) is 11.3 Å². The van der Waals surface area contributed by atoms with Gasteiger partial charge in [0.25, 0.3) is 0 Å². The molecule has 146 valence electrons. The number of rotatable bonds is 5. The standard InChI is InChI=1S/C21H26N6O/c22-15-18-3-7-24-19(14-18)26-11-5-21(6-12-26)4-2-20(28)27(16-21)10-1-9-25-13-8-23-17-25/h3,7-8,13-14,17H,1-2,4-6,9-12,16H2. The van der Waals surface area contributed by atoms with Gasteiger partial charge in [0.05, 0.1) is 18.0 Å². The van der Waals surface area contributed by atoms with E-state index in [1.54, 1.807) is 18.5 Å². The summed E-state index contributed by atoms with van der Waals surface area (Å²) in [6.45, 7) is 4.44. The Hall–Kier alpha value is -2.88. The van der Waals surface area contributed by atoms with Crippen molar-refractivity contribution in [2.75, 3.05) is 31.1 Å². The lowest BCUT2D eigenvalue weighted by Crippen LogP contribution is -2.51. The zero-order chi connectivity index (χ0) is 19.4. The number of carbonyl (C=O) groups excluding carboxylic acids is 1. The van der Waals surface area contributed by atoms with Crippen LogP contribution in [0.1, 0.15) is 37.7 Å². The third kappa shape index (κ3) is 4.01. The van der Waals surface area contributed by atoms with Crippen molar-refractivity contribution in [3.05, 3.63) is 42.6 Å². The van der Waals surface area contributed by atoms with E-state index in [0.29, 0.717) is 17.9 Å². The summed E-state index contributed by atoms with van der Waals surface area (Å²) in [4.78, 5) is 25.3. The average molecular weight is 378 g/mol. The van der Waals surface area contributed by atoms with Crippen LogP contribution in [-0.4, -0.2) is 51.5 Å². The number of hydrogen-bond donors (Lipinski definition) is 0. The van der Waals surface area contributed by atoms with Crippen molar-refractivity contribution in [2.24, 2.45) is 5.41 Å². The minimum absolute atomic E-state index is 0.228. The monoisotopic (exact) mass is 378 g/mol. The Bertz CT molecular complexity index is 848. The molecule has 2 saturated heterocycles. The first-order valence-corrected chi connectivity index (χ1v) is 10.0. The van der Waals surface area contributed by atoms with Gasteiger partial charge < -0.3 is 14.4 Å². The summed E-state index contributed by atoms with van der Waals surface area (Å²) in [5, 5.41) is 9.11. The van der Waals surface area contributed by atoms with Crippen LogP contribution in [0.4, 0.5) is 5.82 Å². The van der Waals surface area contributed by atoms with E-state index in [2.05, 4.69) is 30.4 Å². The van der Waals surface area contributed by atoms with E-state index in [1.807, 2.05) is 18.6 Å². The summed E-state index contributed by atoms with van der Waals surface area (Å²) in [5.41, 5.74) is 0.879. The number of pyridine rings is 1. The molecule has 0 bridgehead atoms. The van der Waals surface area contributed by atoms with E-state index in [4.69, 9.17) is 5.26 Å². The molecule has 28 heavy (non-hydrogen) atoms. The molecule has 0 N–H and O–H groups in total. The first-order valence-electron chi connectivity index (χ1n) is 10.0. The number of aryl methyl sites for hydroxylation is 1. The topological polar surface area (TPSA) is 78.0 Å². The molecular formula is C21H26N6O. The van der Waals surface area contributed by atoms with Gasteiger partial charge in [0.2, 0.25) is 5.91 Å². The highest BCUT2D eigenvalue weighted by atomic mass is 16.2. The van der Waals surface area contributed by atoms with Crippen molar-refractivity contribution >= 4 is 11.7 Å². The lowest BCUT2D eigenvalue weighted by Gasteiger charge is -2.47. The molecule has 2 aliphatic rings. The molecule has 4 heterocycles. The summed E-state index contributed by atoms with van der Waals surface area (Å²) >= 11 is 0. The second-order valence-corrected chi connectivity index (χ2v) is 7.97. The summed E-state index contributed by atoms with van der Waals surface area (Å²) in [6.07, 6.45) is 12.0. The molecule has 1 spiro atoms. The van der Waals surface area contributed by atoms with Gasteiger partial charge >= 0.3 is 0 Å². The first kappa shape index (κ1) is 18.5. The predicted octanol–water partition coefficient (Wildman–Crippen LogP) is 2.45. The quantitative estimate of drug-likeness (QED) is 0.799. The second-order valence-electron chi connectivity index (χ2n) is 7.97. The normalized spacial score (nSPS) is 19.0. The van der Waals surface area contributed by atoms with Gasteiger partial charge in [-0.25, -0.2) is 9.97 Å². The predicted molar refractivity (Wildman–Crippen MR) is 105 cm³/mol. The molecule has 0 unspecified atom stereocenters. The van der Waals surface area contributed by atoms with Gasteiger partial charge in [-0.2, -0.15) is 5.26 Å². The minimum Gasteiger partial charge on any atom is -0.357 e. The Morgan fingerprint density at radius 3 is 2.79 bits per heavy atom. The third-order valence-corrected chi connectivity index (χ3v) is 6.17. The summed E-state index contributed by atoms with van der Waals surface area (Å²) in [6, 6.07) is 5.79. The second kappa shape index (κ2) is 8.01. The van der Waals surface area contributed by atoms with E-state index in [0.717, 1.165) is 64.2 Å². The van der Waals surface area contributed by atoms with Gasteiger partial charge in [-0.15, -0.1) is 0 Å². The number of nitrogens with zero attached hydrogens (tertiary/aromatic N) is 6. The van der Waals surface area contributed by atoms with Gasteiger partial charge in [0.1, 0.15) is 5.82 Å². The van der Waals surface area contributed by atoms with Crippen LogP contribution in [0.3, 0.4) is 0 Å². The third-order valence-electron chi connectivity index (χ3n) is 6.17. The molecule has 4 rings (SSSR count). The molecule has 7 nitrogen and oxygen atoms in total. The zero-order valence-electron chi connectivity index (χ0n) is 16.1. The molecule has 0 radical (unpaired) electrons. The number of piperidine rings is 2. The van der Waals surface area contributed by atoms with Crippen molar-refractivity contribution in [2.45, 2.75) is 38.6 Å². The molecule has 2 aromatic heterocycles. The average Bonchev–Trinajstić information content (AvgIpc) is 3.25. The fourth-order valence-electron chi connectivity index (χ4n) is 4.45. The van der Waals surface area contributed by atoms with Gasteiger partial charge in [-0.05, 0) is 43.2 Å². The number of imidazole rings is 1. The zero-order valence-corrected chi connectivity index (χ0v) is 16.1. The van der Waals surface area contributed by atoms with E-state index in [1.165, 1.54) is 0 Å². The molecule has 2 fully saturated rings. The van der Waals surface area contributed by atoms with Crippen molar-refractivity contribution in [1.29, 1.82) is 5.26 Å². The van der Waals surface area contributed by atoms with Crippen molar-refractivity contribution in [1.82, 2.24) is 19.4 Å². The summed E-state index contributed by atoms with van der Waals surface area (Å²) in [5.74, 6) is 1.18. The number of likely N-dealkylation sites (tertiary alicyclic amines) is 1. The molecular weight excluding hydrogens is 352 g/mol. The number of carbonyl (C=O) groups is 1. The van der Waals surface area contributed by atoms with E-state index < -0.39 is 0 Å². The molecule has 0 aromatic carbocycles. The Balaban J connectivity index is 1.33. The number of anilines is 1. The SMILES string of the molecule is N#Cc1ccnc(N2CCC3(CCC(=O)N(CCCn4ccnc4)C3)CC2)c1. The van der Waals surface area contributed by atoms with E-state index in [-0.39, 0.29) is 5.41 Å². The van der Waals surface area contributed by atoms with Gasteiger partial charge in [-0.3, -0.25) is 4.79 Å². The molecule has 0 atom stereocenters. The highest BCUT2D eigenvalue weighted by Crippen LogP contribution is 2.41. The first-order chi connectivity index (χ1) is 13.7.